The summed E-state index contributed by atoms with van der Waals surface area (Å²) >= 11 is 0. The Morgan fingerprint density at radius 1 is 0.844 bits per heavy atom. The van der Waals surface area contributed by atoms with Gasteiger partial charge in [0.1, 0.15) is 30.5 Å². The van der Waals surface area contributed by atoms with Crippen LogP contribution in [0.3, 0.4) is 0 Å². The van der Waals surface area contributed by atoms with E-state index < -0.39 is 42.1 Å². The maximum atomic E-state index is 12.8. The second-order valence-corrected chi connectivity index (χ2v) is 18.4. The first kappa shape index (κ1) is 31.9. The number of ether oxygens (including phenoxy) is 5. The van der Waals surface area contributed by atoms with E-state index >= 15 is 0 Å². The quantitative estimate of drug-likeness (QED) is 0.342. The van der Waals surface area contributed by atoms with Gasteiger partial charge in [0.05, 0.1) is 24.4 Å². The lowest BCUT2D eigenvalue weighted by Gasteiger charge is -2.63. The van der Waals surface area contributed by atoms with Crippen molar-refractivity contribution in [2.75, 3.05) is 13.7 Å². The second-order valence-electron chi connectivity index (χ2n) is 18.4. The van der Waals surface area contributed by atoms with Crippen molar-refractivity contribution >= 4 is 0 Å². The van der Waals surface area contributed by atoms with Crippen LogP contribution in [0.15, 0.2) is 0 Å². The van der Waals surface area contributed by atoms with Crippen LogP contribution in [0.2, 0.25) is 0 Å². The molecule has 8 rings (SSSR count). The molecule has 17 atom stereocenters. The Balaban J connectivity index is 1.10. The lowest BCUT2D eigenvalue weighted by atomic mass is 9.41. The fourth-order valence-electron chi connectivity index (χ4n) is 14.1. The van der Waals surface area contributed by atoms with Gasteiger partial charge in [-0.15, -0.1) is 0 Å². The van der Waals surface area contributed by atoms with E-state index in [1.54, 1.807) is 7.11 Å². The molecule has 7 unspecified atom stereocenters. The van der Waals surface area contributed by atoms with Crippen LogP contribution >= 0.6 is 0 Å². The molecule has 0 aromatic rings. The zero-order valence-corrected chi connectivity index (χ0v) is 28.6. The molecule has 3 saturated heterocycles. The van der Waals surface area contributed by atoms with E-state index in [0.717, 1.165) is 38.5 Å². The molecule has 5 saturated carbocycles. The van der Waals surface area contributed by atoms with Gasteiger partial charge < -0.3 is 44.1 Å². The van der Waals surface area contributed by atoms with Crippen LogP contribution in [-0.4, -0.2) is 94.5 Å². The van der Waals surface area contributed by atoms with Crippen LogP contribution in [0.1, 0.15) is 99.8 Å². The fraction of sp³-hybridized carbons (Fsp3) is 1.00. The summed E-state index contributed by atoms with van der Waals surface area (Å²) < 4.78 is 32.1. The van der Waals surface area contributed by atoms with Crippen LogP contribution < -0.4 is 0 Å². The SMILES string of the molecule is COC(C)(C)[C@H]1OC23OC1CC(C)[C@@H]2[C@@]1(C)CC[C@@]24C[C@@]25CC[C@H](O[C@@H]2OC[C@@H](O)[C@H](O)[C@H]2O)C(C)(C)C5CCC4C1(C)C3O. The van der Waals surface area contributed by atoms with Crippen molar-refractivity contribution in [2.24, 2.45) is 50.7 Å². The van der Waals surface area contributed by atoms with E-state index in [-0.39, 0.29) is 57.9 Å². The van der Waals surface area contributed by atoms with Crippen molar-refractivity contribution in [3.05, 3.63) is 0 Å². The molecule has 0 amide bonds. The summed E-state index contributed by atoms with van der Waals surface area (Å²) in [5.41, 5.74) is -0.717. The highest BCUT2D eigenvalue weighted by Gasteiger charge is 2.88. The maximum absolute atomic E-state index is 12.8. The highest BCUT2D eigenvalue weighted by Crippen LogP contribution is 2.90. The Kier molecular flexibility index (Phi) is 6.69. The van der Waals surface area contributed by atoms with E-state index in [9.17, 15) is 20.4 Å². The predicted molar refractivity (Wildman–Crippen MR) is 164 cm³/mol. The first-order valence-electron chi connectivity index (χ1n) is 17.9. The molecule has 9 heteroatoms. The third-order valence-electron chi connectivity index (χ3n) is 16.4. The predicted octanol–water partition coefficient (Wildman–Crippen LogP) is 3.78. The van der Waals surface area contributed by atoms with E-state index in [4.69, 9.17) is 23.7 Å². The van der Waals surface area contributed by atoms with Gasteiger partial charge in [0, 0.05) is 18.4 Å². The minimum atomic E-state index is -1.28. The monoisotopic (exact) mass is 634 g/mol. The van der Waals surface area contributed by atoms with Crippen molar-refractivity contribution in [3.8, 4) is 0 Å². The summed E-state index contributed by atoms with van der Waals surface area (Å²) in [6.07, 6.45) is 2.70. The Morgan fingerprint density at radius 2 is 1.53 bits per heavy atom. The molecule has 9 nitrogen and oxygen atoms in total. The number of hydrogen-bond donors (Lipinski definition) is 4. The fourth-order valence-corrected chi connectivity index (χ4v) is 14.1. The summed E-state index contributed by atoms with van der Waals surface area (Å²) in [6.45, 7) is 16.0. The molecule has 0 aromatic carbocycles. The first-order valence-corrected chi connectivity index (χ1v) is 17.9. The molecular weight excluding hydrogens is 576 g/mol. The van der Waals surface area contributed by atoms with Crippen LogP contribution in [0.4, 0.5) is 0 Å². The summed E-state index contributed by atoms with van der Waals surface area (Å²) in [5.74, 6) is 0.346. The van der Waals surface area contributed by atoms with Crippen LogP contribution in [0.25, 0.3) is 0 Å². The number of methoxy groups -OCH3 is 1. The normalized spacial score (nSPS) is 61.1. The highest BCUT2D eigenvalue weighted by molar-refractivity contribution is 5.34. The summed E-state index contributed by atoms with van der Waals surface area (Å²) in [6, 6.07) is 0. The third-order valence-corrected chi connectivity index (χ3v) is 16.4. The Bertz CT molecular complexity index is 1220. The van der Waals surface area contributed by atoms with Gasteiger partial charge in [0.15, 0.2) is 12.1 Å². The van der Waals surface area contributed by atoms with E-state index in [1.807, 2.05) is 0 Å². The average molecular weight is 635 g/mol. The molecule has 0 radical (unpaired) electrons. The van der Waals surface area contributed by atoms with Gasteiger partial charge in [-0.1, -0.05) is 34.6 Å². The zero-order valence-electron chi connectivity index (χ0n) is 28.6. The van der Waals surface area contributed by atoms with Gasteiger partial charge in [-0.25, -0.2) is 0 Å². The van der Waals surface area contributed by atoms with Crippen molar-refractivity contribution < 1.29 is 44.1 Å². The van der Waals surface area contributed by atoms with Gasteiger partial charge in [0.25, 0.3) is 0 Å². The lowest BCUT2D eigenvalue weighted by Crippen LogP contribution is -2.61. The molecule has 3 heterocycles. The van der Waals surface area contributed by atoms with Gasteiger partial charge in [-0.2, -0.15) is 0 Å². The largest absolute Gasteiger partial charge is 0.388 e. The zero-order chi connectivity index (χ0) is 32.3. The standard InChI is InChI=1S/C36H58O9/c1-18-15-20-27(31(4,5)41-8)45-36(44-20)26(18)32(6)13-14-35-17-34(35)12-11-23(43-28-25(39)24(38)19(37)16-42-28)30(2,3)21(34)9-10-22(35)33(32,7)29(36)40/h18-29,37-40H,9-17H2,1-8H3/t18?,19-,20?,21?,22?,23+,24+,25-,26-,27+,28+,29?,32-,33?,34-,35+,36?/m1/s1. The highest BCUT2D eigenvalue weighted by atomic mass is 16.8. The first-order chi connectivity index (χ1) is 21.0. The molecule has 3 spiro atoms. The van der Waals surface area contributed by atoms with Crippen LogP contribution in [-0.2, 0) is 23.7 Å². The number of fused-ring (bicyclic) bond motifs is 4. The molecule has 3 aliphatic heterocycles. The van der Waals surface area contributed by atoms with Gasteiger partial charge in [-0.3, -0.25) is 0 Å². The lowest BCUT2D eigenvalue weighted by molar-refractivity contribution is -0.303. The maximum Gasteiger partial charge on any atom is 0.199 e. The third kappa shape index (κ3) is 3.57. The second kappa shape index (κ2) is 9.45. The average Bonchev–Trinajstić information content (AvgIpc) is 3.50. The summed E-state index contributed by atoms with van der Waals surface area (Å²) in [4.78, 5) is 0. The Hall–Kier alpha value is -0.360. The number of aliphatic hydroxyl groups excluding tert-OH is 4. The summed E-state index contributed by atoms with van der Waals surface area (Å²) in [7, 11) is 1.74. The van der Waals surface area contributed by atoms with Crippen molar-refractivity contribution in [1.82, 2.24) is 0 Å². The molecule has 256 valence electrons. The molecule has 8 aliphatic rings. The smallest absolute Gasteiger partial charge is 0.199 e. The van der Waals surface area contributed by atoms with Crippen LogP contribution in [0.5, 0.6) is 0 Å². The van der Waals surface area contributed by atoms with Crippen molar-refractivity contribution in [1.29, 1.82) is 0 Å². The van der Waals surface area contributed by atoms with E-state index in [1.165, 1.54) is 12.8 Å². The summed E-state index contributed by atoms with van der Waals surface area (Å²) in [5, 5.41) is 43.6. The van der Waals surface area contributed by atoms with Gasteiger partial charge in [0.2, 0.25) is 0 Å². The molecule has 2 bridgehead atoms. The topological polar surface area (TPSA) is 127 Å². The number of rotatable bonds is 4. The minimum Gasteiger partial charge on any atom is -0.388 e. The van der Waals surface area contributed by atoms with Crippen molar-refractivity contribution in [2.45, 2.75) is 160 Å². The van der Waals surface area contributed by atoms with E-state index in [0.29, 0.717) is 17.8 Å². The Labute approximate surface area is 268 Å². The molecular formula is C36H58O9. The minimum absolute atomic E-state index is 0.0487. The van der Waals surface area contributed by atoms with E-state index in [2.05, 4.69) is 48.5 Å². The van der Waals surface area contributed by atoms with Gasteiger partial charge >= 0.3 is 0 Å². The molecule has 4 N–H and O–H groups in total. The van der Waals surface area contributed by atoms with Crippen molar-refractivity contribution in [3.63, 3.8) is 0 Å². The van der Waals surface area contributed by atoms with Crippen LogP contribution in [0, 0.1) is 50.7 Å². The molecule has 5 aliphatic carbocycles. The number of hydrogen-bond acceptors (Lipinski definition) is 9. The molecule has 0 aromatic heterocycles. The number of aliphatic hydroxyl groups is 4. The molecule has 8 fully saturated rings. The Morgan fingerprint density at radius 3 is 2.24 bits per heavy atom. The molecule has 45 heavy (non-hydrogen) atoms. The van der Waals surface area contributed by atoms with Gasteiger partial charge in [-0.05, 0) is 105 Å².